The molecule has 0 saturated carbocycles. The topological polar surface area (TPSA) is 69.3 Å². The molecule has 2 heterocycles. The lowest BCUT2D eigenvalue weighted by molar-refractivity contribution is 0.0946. The average molecular weight is 378 g/mol. The van der Waals surface area contributed by atoms with Crippen molar-refractivity contribution >= 4 is 17.5 Å². The molecule has 0 atom stereocenters. The van der Waals surface area contributed by atoms with Crippen molar-refractivity contribution in [2.45, 2.75) is 13.1 Å². The minimum atomic E-state index is -0.670. The molecule has 3 aromatic rings. The number of rotatable bonds is 7. The van der Waals surface area contributed by atoms with Gasteiger partial charge in [0.15, 0.2) is 5.76 Å². The Bertz CT molecular complexity index is 873. The summed E-state index contributed by atoms with van der Waals surface area (Å²) in [5.41, 5.74) is 1.19. The Kier molecular flexibility index (Phi) is 5.70. The number of methoxy groups -OCH3 is 1. The summed E-state index contributed by atoms with van der Waals surface area (Å²) in [6.45, 7) is 1.13. The zero-order valence-electron chi connectivity index (χ0n) is 14.0. The zero-order valence-corrected chi connectivity index (χ0v) is 14.8. The van der Waals surface area contributed by atoms with Crippen LogP contribution >= 0.6 is 11.6 Å². The van der Waals surface area contributed by atoms with E-state index in [0.29, 0.717) is 24.6 Å². The molecule has 0 fully saturated rings. The molecule has 136 valence electrons. The molecule has 0 aliphatic heterocycles. The van der Waals surface area contributed by atoms with Crippen LogP contribution in [-0.2, 0) is 17.8 Å². The summed E-state index contributed by atoms with van der Waals surface area (Å²) in [7, 11) is 1.61. The Balaban J connectivity index is 1.77. The minimum absolute atomic E-state index is 0.0596. The summed E-state index contributed by atoms with van der Waals surface area (Å²) >= 11 is 5.91. The average Bonchev–Trinajstić information content (AvgIpc) is 3.27. The predicted octanol–water partition coefficient (Wildman–Crippen LogP) is 3.51. The third-order valence-corrected chi connectivity index (χ3v) is 4.05. The van der Waals surface area contributed by atoms with Gasteiger partial charge in [-0.15, -0.1) is 0 Å². The molecular weight excluding hydrogens is 361 g/mol. The van der Waals surface area contributed by atoms with Gasteiger partial charge in [-0.1, -0.05) is 17.7 Å². The molecule has 8 heteroatoms. The Morgan fingerprint density at radius 2 is 2.23 bits per heavy atom. The molecule has 26 heavy (non-hydrogen) atoms. The van der Waals surface area contributed by atoms with Gasteiger partial charge in [-0.25, -0.2) is 4.39 Å². The van der Waals surface area contributed by atoms with Crippen LogP contribution in [0.4, 0.5) is 4.39 Å². The molecule has 0 radical (unpaired) electrons. The molecule has 6 nitrogen and oxygen atoms in total. The van der Waals surface area contributed by atoms with Gasteiger partial charge in [-0.05, 0) is 30.3 Å². The first-order chi connectivity index (χ1) is 12.6. The second-order valence-corrected chi connectivity index (χ2v) is 5.90. The van der Waals surface area contributed by atoms with Crippen LogP contribution in [0.3, 0.4) is 0 Å². The number of nitrogens with zero attached hydrogens (tertiary/aromatic N) is 2. The van der Waals surface area contributed by atoms with Crippen molar-refractivity contribution in [1.82, 2.24) is 15.1 Å². The number of aromatic nitrogens is 2. The molecule has 0 spiro atoms. The van der Waals surface area contributed by atoms with Crippen LogP contribution in [0.15, 0.2) is 47.1 Å². The first-order valence-electron chi connectivity index (χ1n) is 7.92. The summed E-state index contributed by atoms with van der Waals surface area (Å²) in [5.74, 6) is -0.612. The molecule has 3 rings (SSSR count). The summed E-state index contributed by atoms with van der Waals surface area (Å²) in [6, 6.07) is 9.51. The first kappa shape index (κ1) is 18.2. The van der Waals surface area contributed by atoms with Crippen molar-refractivity contribution in [3.05, 3.63) is 64.8 Å². The van der Waals surface area contributed by atoms with Crippen LogP contribution < -0.4 is 5.32 Å². The van der Waals surface area contributed by atoms with Crippen LogP contribution in [0, 0.1) is 5.82 Å². The van der Waals surface area contributed by atoms with E-state index in [0.717, 1.165) is 5.69 Å². The third-order valence-electron chi connectivity index (χ3n) is 3.73. The maximum absolute atomic E-state index is 13.8. The second-order valence-electron chi connectivity index (χ2n) is 5.49. The van der Waals surface area contributed by atoms with Gasteiger partial charge in [-0.3, -0.25) is 9.48 Å². The van der Waals surface area contributed by atoms with Gasteiger partial charge >= 0.3 is 0 Å². The fourth-order valence-corrected chi connectivity index (χ4v) is 2.75. The van der Waals surface area contributed by atoms with E-state index < -0.39 is 11.7 Å². The van der Waals surface area contributed by atoms with E-state index >= 15 is 0 Å². The zero-order chi connectivity index (χ0) is 18.5. The van der Waals surface area contributed by atoms with Crippen LogP contribution in [-0.4, -0.2) is 29.4 Å². The number of benzene rings is 1. The van der Waals surface area contributed by atoms with Crippen LogP contribution in [0.25, 0.3) is 11.5 Å². The van der Waals surface area contributed by atoms with Gasteiger partial charge in [0.2, 0.25) is 0 Å². The van der Waals surface area contributed by atoms with Crippen molar-refractivity contribution in [1.29, 1.82) is 0 Å². The molecule has 0 saturated heterocycles. The number of nitrogens with one attached hydrogen (secondary N) is 1. The smallest absolute Gasteiger partial charge is 0.256 e. The monoisotopic (exact) mass is 377 g/mol. The molecule has 0 aliphatic rings. The van der Waals surface area contributed by atoms with E-state index in [-0.39, 0.29) is 17.1 Å². The number of ether oxygens (including phenoxy) is 1. The van der Waals surface area contributed by atoms with E-state index in [9.17, 15) is 9.18 Å². The predicted molar refractivity (Wildman–Crippen MR) is 94.4 cm³/mol. The quantitative estimate of drug-likeness (QED) is 0.684. The van der Waals surface area contributed by atoms with Crippen LogP contribution in [0.1, 0.15) is 16.1 Å². The molecule has 1 aromatic carbocycles. The second kappa shape index (κ2) is 8.16. The van der Waals surface area contributed by atoms with Crippen molar-refractivity contribution in [3.8, 4) is 11.5 Å². The van der Waals surface area contributed by atoms with Gasteiger partial charge in [-0.2, -0.15) is 5.10 Å². The fourth-order valence-electron chi connectivity index (χ4n) is 2.50. The Morgan fingerprint density at radius 3 is 2.92 bits per heavy atom. The van der Waals surface area contributed by atoms with E-state index in [1.807, 2.05) is 6.07 Å². The van der Waals surface area contributed by atoms with E-state index in [1.54, 1.807) is 30.2 Å². The van der Waals surface area contributed by atoms with Gasteiger partial charge < -0.3 is 14.5 Å². The Labute approximate surface area is 154 Å². The number of carbonyl (C=O) groups is 1. The number of hydrogen-bond acceptors (Lipinski definition) is 4. The van der Waals surface area contributed by atoms with Crippen molar-refractivity contribution < 1.29 is 18.3 Å². The van der Waals surface area contributed by atoms with E-state index in [1.165, 1.54) is 18.2 Å². The molecular formula is C18H17ClFN3O3. The van der Waals surface area contributed by atoms with Crippen molar-refractivity contribution in [2.24, 2.45) is 0 Å². The molecule has 0 unspecified atom stereocenters. The van der Waals surface area contributed by atoms with Crippen LogP contribution in [0.5, 0.6) is 0 Å². The third kappa shape index (κ3) is 3.95. The summed E-state index contributed by atoms with van der Waals surface area (Å²) in [6.07, 6.45) is 1.57. The Hall–Kier alpha value is -2.64. The lowest BCUT2D eigenvalue weighted by Gasteiger charge is -2.06. The number of furan rings is 1. The van der Waals surface area contributed by atoms with Crippen molar-refractivity contribution in [3.63, 3.8) is 0 Å². The number of carbonyl (C=O) groups excluding carboxylic acids is 1. The standard InChI is InChI=1S/C18H17ClFN3O3/c1-25-9-7-23-15(16-6-3-8-26-16)10-12(22-23)11-21-18(24)17-13(19)4-2-5-14(17)20/h2-6,8,10H,7,9,11H2,1H3,(H,21,24). The minimum Gasteiger partial charge on any atom is -0.463 e. The first-order valence-corrected chi connectivity index (χ1v) is 8.29. The molecule has 1 amide bonds. The molecule has 1 N–H and O–H groups in total. The van der Waals surface area contributed by atoms with Gasteiger partial charge in [0.25, 0.3) is 5.91 Å². The lowest BCUT2D eigenvalue weighted by atomic mass is 10.2. The van der Waals surface area contributed by atoms with Gasteiger partial charge in [0.05, 0.1) is 42.2 Å². The number of halogens is 2. The lowest BCUT2D eigenvalue weighted by Crippen LogP contribution is -2.24. The largest absolute Gasteiger partial charge is 0.463 e. The van der Waals surface area contributed by atoms with Gasteiger partial charge in [0.1, 0.15) is 11.5 Å². The Morgan fingerprint density at radius 1 is 1.38 bits per heavy atom. The number of amides is 1. The van der Waals surface area contributed by atoms with E-state index in [4.69, 9.17) is 20.8 Å². The highest BCUT2D eigenvalue weighted by atomic mass is 35.5. The summed E-state index contributed by atoms with van der Waals surface area (Å²) in [4.78, 5) is 12.2. The van der Waals surface area contributed by atoms with Gasteiger partial charge in [0, 0.05) is 7.11 Å². The highest BCUT2D eigenvalue weighted by molar-refractivity contribution is 6.33. The van der Waals surface area contributed by atoms with E-state index in [2.05, 4.69) is 10.4 Å². The highest BCUT2D eigenvalue weighted by Gasteiger charge is 2.17. The maximum Gasteiger partial charge on any atom is 0.256 e. The highest BCUT2D eigenvalue weighted by Crippen LogP contribution is 2.22. The SMILES string of the molecule is COCCn1nc(CNC(=O)c2c(F)cccc2Cl)cc1-c1ccco1. The molecule has 2 aromatic heterocycles. The van der Waals surface area contributed by atoms with Crippen LogP contribution in [0.2, 0.25) is 5.02 Å². The summed E-state index contributed by atoms with van der Waals surface area (Å²) in [5, 5.41) is 7.15. The molecule has 0 aliphatic carbocycles. The van der Waals surface area contributed by atoms with Crippen molar-refractivity contribution in [2.75, 3.05) is 13.7 Å². The molecule has 0 bridgehead atoms. The maximum atomic E-state index is 13.8. The number of hydrogen-bond donors (Lipinski definition) is 1. The normalized spacial score (nSPS) is 10.9. The fraction of sp³-hybridized carbons (Fsp3) is 0.222. The summed E-state index contributed by atoms with van der Waals surface area (Å²) < 4.78 is 26.1.